The van der Waals surface area contributed by atoms with Crippen LogP contribution in [0.3, 0.4) is 0 Å². The van der Waals surface area contributed by atoms with Crippen molar-refractivity contribution >= 4 is 22.6 Å². The van der Waals surface area contributed by atoms with E-state index in [4.69, 9.17) is 0 Å². The largest absolute Gasteiger partial charge is 0.300 e. The monoisotopic (exact) mass is 281 g/mol. The molecule has 0 aromatic rings. The van der Waals surface area contributed by atoms with Crippen molar-refractivity contribution in [3.63, 3.8) is 0 Å². The molecule has 72 valence electrons. The molecule has 1 heterocycles. The Labute approximate surface area is 90.0 Å². The van der Waals surface area contributed by atoms with Crippen molar-refractivity contribution in [3.8, 4) is 0 Å². The van der Waals surface area contributed by atoms with Crippen molar-refractivity contribution in [2.24, 2.45) is 5.92 Å². The first-order valence-corrected chi connectivity index (χ1v) is 6.58. The molecule has 1 saturated heterocycles. The lowest BCUT2D eigenvalue weighted by molar-refractivity contribution is 0.244. The summed E-state index contributed by atoms with van der Waals surface area (Å²) in [5, 5.41) is 0. The van der Waals surface area contributed by atoms with Gasteiger partial charge in [-0.1, -0.05) is 29.5 Å². The molecule has 12 heavy (non-hydrogen) atoms. The summed E-state index contributed by atoms with van der Waals surface area (Å²) in [6, 6.07) is 0.833. The molecule has 0 aromatic carbocycles. The molecule has 2 heteroatoms. The first-order chi connectivity index (χ1) is 5.75. The first-order valence-electron chi connectivity index (χ1n) is 5.05. The van der Waals surface area contributed by atoms with Gasteiger partial charge in [0, 0.05) is 6.04 Å². The predicted molar refractivity (Wildman–Crippen MR) is 62.9 cm³/mol. The maximum absolute atomic E-state index is 2.65. The number of hydrogen-bond acceptors (Lipinski definition) is 1. The van der Waals surface area contributed by atoms with Gasteiger partial charge in [-0.2, -0.15) is 0 Å². The standard InChI is InChI=1S/C10H20IN/c1-9-5-8-12(10(9)2)7-4-3-6-11/h9-10H,3-8H2,1-2H3. The molecule has 2 atom stereocenters. The topological polar surface area (TPSA) is 3.24 Å². The molecule has 0 aliphatic carbocycles. The van der Waals surface area contributed by atoms with Crippen LogP contribution in [0.4, 0.5) is 0 Å². The number of rotatable bonds is 4. The van der Waals surface area contributed by atoms with Gasteiger partial charge in [0.15, 0.2) is 0 Å². The van der Waals surface area contributed by atoms with Crippen molar-refractivity contribution in [1.29, 1.82) is 0 Å². The van der Waals surface area contributed by atoms with Crippen molar-refractivity contribution in [2.75, 3.05) is 17.5 Å². The lowest BCUT2D eigenvalue weighted by Crippen LogP contribution is -2.30. The molecule has 1 aliphatic rings. The van der Waals surface area contributed by atoms with Gasteiger partial charge in [-0.15, -0.1) is 0 Å². The van der Waals surface area contributed by atoms with E-state index in [1.54, 1.807) is 0 Å². The Morgan fingerprint density at radius 2 is 2.08 bits per heavy atom. The summed E-state index contributed by atoms with van der Waals surface area (Å²) in [4.78, 5) is 2.65. The average Bonchev–Trinajstić information content (AvgIpc) is 2.36. The Morgan fingerprint density at radius 1 is 1.33 bits per heavy atom. The minimum absolute atomic E-state index is 0.833. The van der Waals surface area contributed by atoms with E-state index >= 15 is 0 Å². The van der Waals surface area contributed by atoms with Gasteiger partial charge in [-0.3, -0.25) is 0 Å². The number of nitrogens with zero attached hydrogens (tertiary/aromatic N) is 1. The van der Waals surface area contributed by atoms with Crippen LogP contribution < -0.4 is 0 Å². The van der Waals surface area contributed by atoms with Gasteiger partial charge in [0.1, 0.15) is 0 Å². The number of likely N-dealkylation sites (tertiary alicyclic amines) is 1. The average molecular weight is 281 g/mol. The Bertz CT molecular complexity index is 127. The van der Waals surface area contributed by atoms with Crippen LogP contribution in [0.15, 0.2) is 0 Å². The van der Waals surface area contributed by atoms with Gasteiger partial charge < -0.3 is 4.90 Å². The predicted octanol–water partition coefficient (Wildman–Crippen LogP) is 2.93. The molecular weight excluding hydrogens is 261 g/mol. The summed E-state index contributed by atoms with van der Waals surface area (Å²) in [6.45, 7) is 7.42. The molecule has 0 N–H and O–H groups in total. The van der Waals surface area contributed by atoms with Crippen LogP contribution in [0.25, 0.3) is 0 Å². The lowest BCUT2D eigenvalue weighted by Gasteiger charge is -2.22. The molecule has 1 fully saturated rings. The lowest BCUT2D eigenvalue weighted by atomic mass is 10.1. The van der Waals surface area contributed by atoms with E-state index in [0.717, 1.165) is 12.0 Å². The number of halogens is 1. The van der Waals surface area contributed by atoms with Crippen LogP contribution in [-0.2, 0) is 0 Å². The van der Waals surface area contributed by atoms with E-state index in [1.807, 2.05) is 0 Å². The molecule has 0 saturated carbocycles. The number of alkyl halides is 1. The van der Waals surface area contributed by atoms with Crippen LogP contribution in [0.1, 0.15) is 33.1 Å². The highest BCUT2D eigenvalue weighted by molar-refractivity contribution is 14.1. The molecule has 0 amide bonds. The van der Waals surface area contributed by atoms with Crippen molar-refractivity contribution in [3.05, 3.63) is 0 Å². The van der Waals surface area contributed by atoms with Gasteiger partial charge >= 0.3 is 0 Å². The summed E-state index contributed by atoms with van der Waals surface area (Å²) in [5.41, 5.74) is 0. The van der Waals surface area contributed by atoms with Crippen LogP contribution in [-0.4, -0.2) is 28.5 Å². The Balaban J connectivity index is 2.16. The van der Waals surface area contributed by atoms with Crippen LogP contribution in [0, 0.1) is 5.92 Å². The Kier molecular flexibility index (Phi) is 4.87. The summed E-state index contributed by atoms with van der Waals surface area (Å²) in [6.07, 6.45) is 4.18. The third-order valence-corrected chi connectivity index (χ3v) is 3.86. The maximum atomic E-state index is 2.65. The highest BCUT2D eigenvalue weighted by Gasteiger charge is 2.26. The fourth-order valence-corrected chi connectivity index (χ4v) is 2.44. The highest BCUT2D eigenvalue weighted by atomic mass is 127. The van der Waals surface area contributed by atoms with Crippen molar-refractivity contribution in [1.82, 2.24) is 4.90 Å². The molecule has 1 rings (SSSR count). The van der Waals surface area contributed by atoms with Gasteiger partial charge in [0.05, 0.1) is 0 Å². The molecule has 1 aliphatic heterocycles. The summed E-state index contributed by atoms with van der Waals surface area (Å²) in [7, 11) is 0. The molecule has 0 bridgehead atoms. The van der Waals surface area contributed by atoms with E-state index < -0.39 is 0 Å². The number of hydrogen-bond donors (Lipinski definition) is 0. The quantitative estimate of drug-likeness (QED) is 0.435. The van der Waals surface area contributed by atoms with Gasteiger partial charge in [-0.05, 0) is 49.6 Å². The maximum Gasteiger partial charge on any atom is 0.00930 e. The zero-order chi connectivity index (χ0) is 8.97. The van der Waals surface area contributed by atoms with E-state index in [2.05, 4.69) is 41.3 Å². The van der Waals surface area contributed by atoms with Crippen LogP contribution in [0.2, 0.25) is 0 Å². The first kappa shape index (κ1) is 10.8. The zero-order valence-electron chi connectivity index (χ0n) is 8.22. The molecular formula is C10H20IN. The fraction of sp³-hybridized carbons (Fsp3) is 1.00. The molecule has 2 unspecified atom stereocenters. The van der Waals surface area contributed by atoms with E-state index in [0.29, 0.717) is 0 Å². The van der Waals surface area contributed by atoms with Crippen LogP contribution in [0.5, 0.6) is 0 Å². The Morgan fingerprint density at radius 3 is 2.58 bits per heavy atom. The van der Waals surface area contributed by atoms with Crippen molar-refractivity contribution < 1.29 is 0 Å². The molecule has 1 nitrogen and oxygen atoms in total. The summed E-state index contributed by atoms with van der Waals surface area (Å²) in [5.74, 6) is 0.921. The van der Waals surface area contributed by atoms with Crippen molar-refractivity contribution in [2.45, 2.75) is 39.2 Å². The highest BCUT2D eigenvalue weighted by Crippen LogP contribution is 2.23. The summed E-state index contributed by atoms with van der Waals surface area (Å²) < 4.78 is 1.32. The SMILES string of the molecule is CC1CCN(CCCCI)C1C. The van der Waals surface area contributed by atoms with Crippen LogP contribution >= 0.6 is 22.6 Å². The second kappa shape index (κ2) is 5.43. The minimum atomic E-state index is 0.833. The third-order valence-electron chi connectivity index (χ3n) is 3.10. The molecule has 0 aromatic heterocycles. The number of unbranched alkanes of at least 4 members (excludes halogenated alkanes) is 1. The normalized spacial score (nSPS) is 31.2. The minimum Gasteiger partial charge on any atom is -0.300 e. The second-order valence-electron chi connectivity index (χ2n) is 3.94. The van der Waals surface area contributed by atoms with E-state index in [1.165, 1.54) is 36.8 Å². The van der Waals surface area contributed by atoms with Gasteiger partial charge in [0.2, 0.25) is 0 Å². The summed E-state index contributed by atoms with van der Waals surface area (Å²) >= 11 is 2.46. The second-order valence-corrected chi connectivity index (χ2v) is 5.02. The molecule has 0 spiro atoms. The molecule has 0 radical (unpaired) electrons. The third kappa shape index (κ3) is 2.87. The Hall–Kier alpha value is 0.690. The van der Waals surface area contributed by atoms with E-state index in [-0.39, 0.29) is 0 Å². The van der Waals surface area contributed by atoms with Gasteiger partial charge in [-0.25, -0.2) is 0 Å². The smallest absolute Gasteiger partial charge is 0.00930 e. The van der Waals surface area contributed by atoms with Gasteiger partial charge in [0.25, 0.3) is 0 Å². The fourth-order valence-electron chi connectivity index (χ4n) is 1.90. The van der Waals surface area contributed by atoms with E-state index in [9.17, 15) is 0 Å². The zero-order valence-corrected chi connectivity index (χ0v) is 10.4.